The van der Waals surface area contributed by atoms with Crippen LogP contribution in [-0.4, -0.2) is 29.5 Å². The van der Waals surface area contributed by atoms with E-state index < -0.39 is 10.8 Å². The number of nitro benzene ring substituents is 1. The number of ether oxygens (including phenoxy) is 2. The van der Waals surface area contributed by atoms with Gasteiger partial charge >= 0.3 is 5.69 Å². The van der Waals surface area contributed by atoms with Crippen molar-refractivity contribution in [3.05, 3.63) is 62.1 Å². The van der Waals surface area contributed by atoms with Crippen LogP contribution in [-0.2, 0) is 6.54 Å². The molecule has 0 saturated carbocycles. The topological polar surface area (TPSA) is 124 Å². The fourth-order valence-corrected chi connectivity index (χ4v) is 2.22. The van der Waals surface area contributed by atoms with Gasteiger partial charge < -0.3 is 19.8 Å². The molecule has 0 atom stereocenters. The number of aromatic nitrogens is 1. The van der Waals surface area contributed by atoms with Crippen LogP contribution in [0, 0.1) is 16.0 Å². The lowest BCUT2D eigenvalue weighted by Crippen LogP contribution is -2.24. The Labute approximate surface area is 155 Å². The zero-order chi connectivity index (χ0) is 20.0. The number of benzene rings is 1. The average Bonchev–Trinajstić information content (AvgIpc) is 2.64. The van der Waals surface area contributed by atoms with E-state index in [0.29, 0.717) is 12.3 Å². The first kappa shape index (κ1) is 20.0. The van der Waals surface area contributed by atoms with Crippen molar-refractivity contribution in [2.75, 3.05) is 13.7 Å². The predicted octanol–water partition coefficient (Wildman–Crippen LogP) is 2.26. The van der Waals surface area contributed by atoms with Gasteiger partial charge in [0.15, 0.2) is 11.5 Å². The molecule has 9 nitrogen and oxygen atoms in total. The third kappa shape index (κ3) is 5.30. The van der Waals surface area contributed by atoms with Gasteiger partial charge in [0, 0.05) is 29.6 Å². The van der Waals surface area contributed by atoms with Gasteiger partial charge in [0.1, 0.15) is 0 Å². The predicted molar refractivity (Wildman–Crippen MR) is 98.2 cm³/mol. The highest BCUT2D eigenvalue weighted by Gasteiger charge is 2.18. The van der Waals surface area contributed by atoms with Gasteiger partial charge in [-0.15, -0.1) is 0 Å². The maximum Gasteiger partial charge on any atom is 0.311 e. The number of nitro groups is 1. The van der Waals surface area contributed by atoms with E-state index in [2.05, 4.69) is 10.3 Å². The molecule has 1 aromatic heterocycles. The van der Waals surface area contributed by atoms with E-state index in [1.54, 1.807) is 0 Å². The SMILES string of the molecule is COc1ccc(C(=O)NCc2cc(=O)c(OCC(C)C)c[nH]2)cc1[N+](=O)[O-]. The van der Waals surface area contributed by atoms with Crippen LogP contribution < -0.4 is 20.2 Å². The van der Waals surface area contributed by atoms with Crippen LogP contribution in [0.4, 0.5) is 5.69 Å². The molecule has 144 valence electrons. The van der Waals surface area contributed by atoms with E-state index in [1.165, 1.54) is 31.5 Å². The van der Waals surface area contributed by atoms with Gasteiger partial charge in [0.2, 0.25) is 5.43 Å². The number of rotatable bonds is 8. The van der Waals surface area contributed by atoms with Crippen LogP contribution in [0.1, 0.15) is 29.9 Å². The molecule has 1 heterocycles. The molecule has 0 saturated heterocycles. The Hall–Kier alpha value is -3.36. The van der Waals surface area contributed by atoms with E-state index >= 15 is 0 Å². The van der Waals surface area contributed by atoms with E-state index in [-0.39, 0.29) is 40.6 Å². The minimum Gasteiger partial charge on any atom is -0.490 e. The standard InChI is InChI=1S/C18H21N3O6/c1-11(2)10-27-17-9-19-13(7-15(17)22)8-20-18(23)12-4-5-16(26-3)14(6-12)21(24)25/h4-7,9,11H,8,10H2,1-3H3,(H,19,22)(H,20,23). The van der Waals surface area contributed by atoms with Crippen molar-refractivity contribution >= 4 is 11.6 Å². The number of aromatic amines is 1. The molecule has 0 fully saturated rings. The second-order valence-corrected chi connectivity index (χ2v) is 6.22. The molecule has 0 aliphatic heterocycles. The van der Waals surface area contributed by atoms with E-state index in [4.69, 9.17) is 9.47 Å². The lowest BCUT2D eigenvalue weighted by Gasteiger charge is -2.09. The number of H-pyrrole nitrogens is 1. The normalized spacial score (nSPS) is 10.5. The third-order valence-corrected chi connectivity index (χ3v) is 3.59. The summed E-state index contributed by atoms with van der Waals surface area (Å²) in [4.78, 5) is 37.5. The Kier molecular flexibility index (Phi) is 6.53. The first-order valence-corrected chi connectivity index (χ1v) is 8.26. The number of carbonyl (C=O) groups is 1. The Morgan fingerprint density at radius 3 is 2.63 bits per heavy atom. The molecule has 2 N–H and O–H groups in total. The zero-order valence-corrected chi connectivity index (χ0v) is 15.3. The molecular weight excluding hydrogens is 354 g/mol. The number of nitrogens with one attached hydrogen (secondary N) is 2. The first-order chi connectivity index (χ1) is 12.8. The smallest absolute Gasteiger partial charge is 0.311 e. The average molecular weight is 375 g/mol. The second kappa shape index (κ2) is 8.84. The monoisotopic (exact) mass is 375 g/mol. The lowest BCUT2D eigenvalue weighted by atomic mass is 10.1. The highest BCUT2D eigenvalue weighted by Crippen LogP contribution is 2.27. The van der Waals surface area contributed by atoms with Crippen LogP contribution in [0.5, 0.6) is 11.5 Å². The quantitative estimate of drug-likeness (QED) is 0.539. The molecule has 0 unspecified atom stereocenters. The number of pyridine rings is 1. The van der Waals surface area contributed by atoms with Crippen LogP contribution in [0.15, 0.2) is 35.3 Å². The van der Waals surface area contributed by atoms with Crippen molar-refractivity contribution in [2.24, 2.45) is 5.92 Å². The van der Waals surface area contributed by atoms with Crippen LogP contribution in [0.2, 0.25) is 0 Å². The minimum atomic E-state index is -0.622. The van der Waals surface area contributed by atoms with Crippen LogP contribution in [0.25, 0.3) is 0 Å². The highest BCUT2D eigenvalue weighted by atomic mass is 16.6. The molecule has 0 radical (unpaired) electrons. The minimum absolute atomic E-state index is 0.0539. The van der Waals surface area contributed by atoms with Crippen molar-refractivity contribution in [1.29, 1.82) is 0 Å². The van der Waals surface area contributed by atoms with E-state index in [1.807, 2.05) is 13.8 Å². The number of amides is 1. The highest BCUT2D eigenvalue weighted by molar-refractivity contribution is 5.95. The van der Waals surface area contributed by atoms with Crippen molar-refractivity contribution in [3.8, 4) is 11.5 Å². The lowest BCUT2D eigenvalue weighted by molar-refractivity contribution is -0.385. The van der Waals surface area contributed by atoms with Crippen molar-refractivity contribution in [2.45, 2.75) is 20.4 Å². The van der Waals surface area contributed by atoms with Gasteiger partial charge in [-0.05, 0) is 18.1 Å². The number of methoxy groups -OCH3 is 1. The van der Waals surface area contributed by atoms with Gasteiger partial charge in [-0.3, -0.25) is 19.7 Å². The van der Waals surface area contributed by atoms with Gasteiger partial charge in [0.05, 0.1) is 25.2 Å². The zero-order valence-electron chi connectivity index (χ0n) is 15.3. The molecule has 2 rings (SSSR count). The fourth-order valence-electron chi connectivity index (χ4n) is 2.22. The molecular formula is C18H21N3O6. The molecule has 0 aliphatic carbocycles. The summed E-state index contributed by atoms with van der Waals surface area (Å²) in [7, 11) is 1.31. The van der Waals surface area contributed by atoms with Gasteiger partial charge in [-0.2, -0.15) is 0 Å². The van der Waals surface area contributed by atoms with Gasteiger partial charge in [-0.25, -0.2) is 0 Å². The summed E-state index contributed by atoms with van der Waals surface area (Å²) >= 11 is 0. The Morgan fingerprint density at radius 1 is 1.30 bits per heavy atom. The molecule has 2 aromatic rings. The summed E-state index contributed by atoms with van der Waals surface area (Å²) in [6, 6.07) is 5.26. The molecule has 9 heteroatoms. The Balaban J connectivity index is 2.05. The number of carbonyl (C=O) groups excluding carboxylic acids is 1. The summed E-state index contributed by atoms with van der Waals surface area (Å²) in [5, 5.41) is 13.6. The number of hydrogen-bond donors (Lipinski definition) is 2. The van der Waals surface area contributed by atoms with E-state index in [0.717, 1.165) is 6.07 Å². The molecule has 0 spiro atoms. The summed E-state index contributed by atoms with van der Waals surface area (Å²) < 4.78 is 10.3. The molecule has 27 heavy (non-hydrogen) atoms. The summed E-state index contributed by atoms with van der Waals surface area (Å²) in [5.41, 5.74) is -0.000984. The maximum atomic E-state index is 12.2. The Morgan fingerprint density at radius 2 is 2.04 bits per heavy atom. The summed E-state index contributed by atoms with van der Waals surface area (Å²) in [5.74, 6) is 0.0566. The Bertz CT molecular complexity index is 891. The molecule has 1 amide bonds. The van der Waals surface area contributed by atoms with Crippen LogP contribution >= 0.6 is 0 Å². The molecule has 0 aliphatic rings. The number of hydrogen-bond acceptors (Lipinski definition) is 6. The molecule has 0 bridgehead atoms. The largest absolute Gasteiger partial charge is 0.490 e. The molecule has 1 aromatic carbocycles. The van der Waals surface area contributed by atoms with Gasteiger partial charge in [-0.1, -0.05) is 13.8 Å². The second-order valence-electron chi connectivity index (χ2n) is 6.22. The van der Waals surface area contributed by atoms with Crippen molar-refractivity contribution < 1.29 is 19.2 Å². The third-order valence-electron chi connectivity index (χ3n) is 3.59. The van der Waals surface area contributed by atoms with Crippen LogP contribution in [0.3, 0.4) is 0 Å². The first-order valence-electron chi connectivity index (χ1n) is 8.26. The van der Waals surface area contributed by atoms with Gasteiger partial charge in [0.25, 0.3) is 5.91 Å². The van der Waals surface area contributed by atoms with Crippen molar-refractivity contribution in [1.82, 2.24) is 10.3 Å². The fraction of sp³-hybridized carbons (Fsp3) is 0.333. The van der Waals surface area contributed by atoms with E-state index in [9.17, 15) is 19.7 Å². The maximum absolute atomic E-state index is 12.2. The summed E-state index contributed by atoms with van der Waals surface area (Å²) in [6.45, 7) is 4.43. The number of nitrogens with zero attached hydrogens (tertiary/aromatic N) is 1. The summed E-state index contributed by atoms with van der Waals surface area (Å²) in [6.07, 6.45) is 1.45. The van der Waals surface area contributed by atoms with Crippen molar-refractivity contribution in [3.63, 3.8) is 0 Å².